The first kappa shape index (κ1) is 5.96. The molecule has 0 bridgehead atoms. The number of hydrogen-bond donors (Lipinski definition) is 0. The highest BCUT2D eigenvalue weighted by molar-refractivity contribution is 4.66. The molecule has 0 aliphatic carbocycles. The van der Waals surface area contributed by atoms with E-state index in [2.05, 4.69) is 0 Å². The Bertz CT molecular complexity index is 25.1. The van der Waals surface area contributed by atoms with Crippen LogP contribution in [0, 0.1) is 6.42 Å². The Hall–Kier alpha value is -0.0400. The maximum atomic E-state index is 10.1. The van der Waals surface area contributed by atoms with Crippen LogP contribution in [0.25, 0.3) is 0 Å². The van der Waals surface area contributed by atoms with Gasteiger partial charge in [-0.2, -0.15) is 0 Å². The lowest BCUT2D eigenvalue weighted by atomic mass is 10.2. The molecule has 0 aromatic rings. The molecule has 0 aliphatic heterocycles. The van der Waals surface area contributed by atoms with Crippen LogP contribution in [0.2, 0.25) is 0 Å². The van der Waals surface area contributed by atoms with Gasteiger partial charge >= 0.3 is 0 Å². The van der Waals surface area contributed by atoms with E-state index in [4.69, 9.17) is 0 Å². The predicted molar refractivity (Wildman–Crippen MR) is 24.7 cm³/mol. The predicted octanol–water partition coefficient (Wildman–Crippen LogP) is 1.42. The van der Waals surface area contributed by atoms with Gasteiger partial charge in [0.25, 0.3) is 0 Å². The lowest BCUT2D eigenvalue weighted by molar-refractivity contribution is 0.130. The summed E-state index contributed by atoms with van der Waals surface area (Å²) < 4.78 is 0. The van der Waals surface area contributed by atoms with Crippen LogP contribution in [0.5, 0.6) is 0 Å². The fourth-order valence-electron chi connectivity index (χ4n) is 0.332. The monoisotopic (exact) mass is 86.1 g/mol. The minimum atomic E-state index is -0.477. The molecule has 0 aromatic carbocycles. The highest BCUT2D eigenvalue weighted by Crippen LogP contribution is 1.90. The summed E-state index contributed by atoms with van der Waals surface area (Å²) in [5.41, 5.74) is 0. The summed E-state index contributed by atoms with van der Waals surface area (Å²) in [6.07, 6.45) is 2.15. The first-order valence-electron chi connectivity index (χ1n) is 2.26. The summed E-state index contributed by atoms with van der Waals surface area (Å²) >= 11 is 0. The highest BCUT2D eigenvalue weighted by atomic mass is 16.3. The van der Waals surface area contributed by atoms with E-state index in [1.54, 1.807) is 13.3 Å². The largest absolute Gasteiger partial charge is 0.233 e. The van der Waals surface area contributed by atoms with Crippen LogP contribution in [0.4, 0.5) is 0 Å². The molecule has 0 fully saturated rings. The van der Waals surface area contributed by atoms with Crippen molar-refractivity contribution in [1.29, 1.82) is 0 Å². The molecule has 0 aromatic heterocycles. The minimum absolute atomic E-state index is 0.477. The van der Waals surface area contributed by atoms with Gasteiger partial charge in [0, 0.05) is 0 Å². The van der Waals surface area contributed by atoms with Gasteiger partial charge in [0.1, 0.15) is 0 Å². The van der Waals surface area contributed by atoms with E-state index >= 15 is 0 Å². The van der Waals surface area contributed by atoms with E-state index in [-0.39, 0.29) is 0 Å². The molecule has 0 saturated carbocycles. The van der Waals surface area contributed by atoms with E-state index in [9.17, 15) is 5.11 Å². The van der Waals surface area contributed by atoms with E-state index in [0.29, 0.717) is 0 Å². The minimum Gasteiger partial charge on any atom is -0.233 e. The van der Waals surface area contributed by atoms with Crippen molar-refractivity contribution in [3.8, 4) is 0 Å². The quantitative estimate of drug-likeness (QED) is 0.484. The molecule has 1 atom stereocenters. The second-order valence-electron chi connectivity index (χ2n) is 1.35. The fourth-order valence-corrected chi connectivity index (χ4v) is 0.332. The van der Waals surface area contributed by atoms with Crippen LogP contribution in [-0.4, -0.2) is 6.10 Å². The maximum absolute atomic E-state index is 10.1. The highest BCUT2D eigenvalue weighted by Gasteiger charge is 1.90. The average molecular weight is 86.1 g/mol. The molecular formula is C5H10O. The second-order valence-corrected chi connectivity index (χ2v) is 1.35. The molecule has 6 heavy (non-hydrogen) atoms. The number of rotatable bonds is 2. The van der Waals surface area contributed by atoms with Crippen molar-refractivity contribution in [3.63, 3.8) is 0 Å². The van der Waals surface area contributed by atoms with Crippen molar-refractivity contribution >= 4 is 0 Å². The SMILES string of the molecule is CC[CH]C(C)[O]. The molecule has 2 radical (unpaired) electrons. The third-order valence-electron chi connectivity index (χ3n) is 0.568. The Balaban J connectivity index is 2.63. The van der Waals surface area contributed by atoms with Crippen LogP contribution in [0.3, 0.4) is 0 Å². The van der Waals surface area contributed by atoms with Crippen LogP contribution < -0.4 is 0 Å². The molecule has 1 unspecified atom stereocenters. The average Bonchev–Trinajstić information content (AvgIpc) is 1.35. The van der Waals surface area contributed by atoms with Gasteiger partial charge in [-0.05, 0) is 13.3 Å². The van der Waals surface area contributed by atoms with Crippen molar-refractivity contribution in [3.05, 3.63) is 6.42 Å². The Labute approximate surface area is 39.0 Å². The zero-order valence-corrected chi connectivity index (χ0v) is 4.27. The molecule has 0 heterocycles. The smallest absolute Gasteiger partial charge is 0.0933 e. The van der Waals surface area contributed by atoms with E-state index in [0.717, 1.165) is 6.42 Å². The first-order valence-corrected chi connectivity index (χ1v) is 2.26. The summed E-state index contributed by atoms with van der Waals surface area (Å²) in [6, 6.07) is 0. The lowest BCUT2D eigenvalue weighted by Gasteiger charge is -1.91. The van der Waals surface area contributed by atoms with E-state index in [1.165, 1.54) is 0 Å². The fraction of sp³-hybridized carbons (Fsp3) is 0.800. The van der Waals surface area contributed by atoms with Crippen molar-refractivity contribution in [2.75, 3.05) is 0 Å². The second kappa shape index (κ2) is 3.16. The molecular weight excluding hydrogens is 76.1 g/mol. The van der Waals surface area contributed by atoms with Gasteiger partial charge in [-0.3, -0.25) is 0 Å². The van der Waals surface area contributed by atoms with Crippen molar-refractivity contribution in [2.45, 2.75) is 26.4 Å². The molecule has 1 nitrogen and oxygen atoms in total. The molecule has 0 amide bonds. The molecule has 0 aliphatic rings. The van der Waals surface area contributed by atoms with Crippen LogP contribution >= 0.6 is 0 Å². The third kappa shape index (κ3) is 3.96. The third-order valence-corrected chi connectivity index (χ3v) is 0.568. The summed E-state index contributed by atoms with van der Waals surface area (Å²) in [6.45, 7) is 3.61. The zero-order valence-electron chi connectivity index (χ0n) is 4.27. The molecule has 36 valence electrons. The van der Waals surface area contributed by atoms with Gasteiger partial charge in [0.2, 0.25) is 0 Å². The Morgan fingerprint density at radius 2 is 2.33 bits per heavy atom. The van der Waals surface area contributed by atoms with Gasteiger partial charge < -0.3 is 0 Å². The molecule has 0 N–H and O–H groups in total. The summed E-state index contributed by atoms with van der Waals surface area (Å²) in [4.78, 5) is 0. The van der Waals surface area contributed by atoms with Gasteiger partial charge in [0.05, 0.1) is 6.10 Å². The van der Waals surface area contributed by atoms with Gasteiger partial charge in [-0.1, -0.05) is 13.3 Å². The normalized spacial score (nSPS) is 14.5. The Morgan fingerprint density at radius 1 is 1.83 bits per heavy atom. The molecule has 1 heteroatoms. The van der Waals surface area contributed by atoms with Crippen molar-refractivity contribution in [1.82, 2.24) is 0 Å². The van der Waals surface area contributed by atoms with Crippen molar-refractivity contribution < 1.29 is 5.11 Å². The topological polar surface area (TPSA) is 19.9 Å². The standard InChI is InChI=1S/C5H10O/c1-3-4-5(2)6/h4-5H,3H2,1-2H3. The lowest BCUT2D eigenvalue weighted by Crippen LogP contribution is -1.94. The van der Waals surface area contributed by atoms with Crippen LogP contribution in [0.15, 0.2) is 0 Å². The molecule has 0 saturated heterocycles. The van der Waals surface area contributed by atoms with E-state index < -0.39 is 6.10 Å². The zero-order chi connectivity index (χ0) is 4.99. The van der Waals surface area contributed by atoms with Gasteiger partial charge in [-0.15, -0.1) is 0 Å². The van der Waals surface area contributed by atoms with Gasteiger partial charge in [0.15, 0.2) is 0 Å². The maximum Gasteiger partial charge on any atom is 0.0933 e. The molecule has 0 spiro atoms. The van der Waals surface area contributed by atoms with Crippen LogP contribution in [-0.2, 0) is 5.11 Å². The molecule has 0 rings (SSSR count). The van der Waals surface area contributed by atoms with Crippen LogP contribution in [0.1, 0.15) is 20.3 Å². The first-order chi connectivity index (χ1) is 2.77. The Morgan fingerprint density at radius 3 is 2.33 bits per heavy atom. The Kier molecular flexibility index (Phi) is 3.14. The summed E-state index contributed by atoms with van der Waals surface area (Å²) in [7, 11) is 0. The van der Waals surface area contributed by atoms with E-state index in [1.807, 2.05) is 6.92 Å². The van der Waals surface area contributed by atoms with Crippen molar-refractivity contribution in [2.24, 2.45) is 0 Å². The van der Waals surface area contributed by atoms with Gasteiger partial charge in [-0.25, -0.2) is 5.11 Å². The summed E-state index contributed by atoms with van der Waals surface area (Å²) in [5, 5.41) is 10.1. The summed E-state index contributed by atoms with van der Waals surface area (Å²) in [5.74, 6) is 0. The number of hydrogen-bond acceptors (Lipinski definition) is 0.